The molecule has 0 aliphatic heterocycles. The molecule has 0 amide bonds. The summed E-state index contributed by atoms with van der Waals surface area (Å²) in [5.74, 6) is -6.35. The van der Waals surface area contributed by atoms with Crippen LogP contribution in [-0.2, 0) is 57.2 Å². The van der Waals surface area contributed by atoms with Crippen LogP contribution < -0.4 is 0 Å². The number of esters is 6. The van der Waals surface area contributed by atoms with E-state index in [-0.39, 0.29) is 13.2 Å². The quantitative estimate of drug-likeness (QED) is 0.355. The third-order valence-electron chi connectivity index (χ3n) is 4.53. The van der Waals surface area contributed by atoms with Gasteiger partial charge in [0, 0.05) is 53.4 Å². The maximum absolute atomic E-state index is 11.8. The Labute approximate surface area is 184 Å². The number of ether oxygens (including phenoxy) is 6. The first-order chi connectivity index (χ1) is 14.8. The average molecular weight is 460 g/mol. The van der Waals surface area contributed by atoms with E-state index in [1.807, 2.05) is 0 Å². The van der Waals surface area contributed by atoms with E-state index >= 15 is 0 Å². The lowest BCUT2D eigenvalue weighted by atomic mass is 9.72. The van der Waals surface area contributed by atoms with E-state index in [0.717, 1.165) is 41.5 Å². The molecule has 1 aliphatic carbocycles. The second kappa shape index (κ2) is 12.0. The van der Waals surface area contributed by atoms with Crippen LogP contribution >= 0.6 is 0 Å². The van der Waals surface area contributed by atoms with Gasteiger partial charge in [0.05, 0.1) is 13.2 Å². The van der Waals surface area contributed by atoms with Gasteiger partial charge in [0.1, 0.15) is 12.2 Å². The summed E-state index contributed by atoms with van der Waals surface area (Å²) in [6.07, 6.45) is -5.38. The highest BCUT2D eigenvalue weighted by Gasteiger charge is 2.57. The van der Waals surface area contributed by atoms with Crippen molar-refractivity contribution in [1.29, 1.82) is 0 Å². The Morgan fingerprint density at radius 1 is 0.438 bits per heavy atom. The molecule has 0 heterocycles. The first kappa shape index (κ1) is 26.9. The average Bonchev–Trinajstić information content (AvgIpc) is 2.62. The van der Waals surface area contributed by atoms with Crippen LogP contribution in [0.4, 0.5) is 0 Å². The van der Waals surface area contributed by atoms with Gasteiger partial charge in [-0.25, -0.2) is 0 Å². The molecule has 12 nitrogen and oxygen atoms in total. The van der Waals surface area contributed by atoms with Gasteiger partial charge < -0.3 is 28.4 Å². The molecule has 0 radical (unpaired) electrons. The second-order valence-electron chi connectivity index (χ2n) is 7.23. The van der Waals surface area contributed by atoms with Crippen LogP contribution in [0.25, 0.3) is 0 Å². The lowest BCUT2D eigenvalue weighted by Crippen LogP contribution is -2.64. The van der Waals surface area contributed by atoms with Gasteiger partial charge in [-0.05, 0) is 0 Å². The van der Waals surface area contributed by atoms with Crippen molar-refractivity contribution in [1.82, 2.24) is 0 Å². The van der Waals surface area contributed by atoms with E-state index in [4.69, 9.17) is 28.4 Å². The van der Waals surface area contributed by atoms with Crippen LogP contribution in [0.2, 0.25) is 0 Å². The monoisotopic (exact) mass is 460 g/mol. The van der Waals surface area contributed by atoms with Crippen molar-refractivity contribution in [2.45, 2.75) is 66.0 Å². The molecule has 1 rings (SSSR count). The molecular formula is C20H28O12. The maximum atomic E-state index is 11.8. The first-order valence-corrected chi connectivity index (χ1v) is 9.79. The van der Waals surface area contributed by atoms with Crippen molar-refractivity contribution in [3.63, 3.8) is 0 Å². The fourth-order valence-electron chi connectivity index (χ4n) is 3.56. The summed E-state index contributed by atoms with van der Waals surface area (Å²) >= 11 is 0. The van der Waals surface area contributed by atoms with Crippen LogP contribution in [-0.4, -0.2) is 73.4 Å². The van der Waals surface area contributed by atoms with Gasteiger partial charge in [-0.2, -0.15) is 0 Å². The summed E-state index contributed by atoms with van der Waals surface area (Å²) in [5, 5.41) is 0. The van der Waals surface area contributed by atoms with Gasteiger partial charge in [0.25, 0.3) is 0 Å². The van der Waals surface area contributed by atoms with Crippen LogP contribution in [0.15, 0.2) is 0 Å². The van der Waals surface area contributed by atoms with Crippen molar-refractivity contribution in [2.75, 3.05) is 13.2 Å². The Kier molecular flexibility index (Phi) is 10.1. The Balaban J connectivity index is 3.63. The number of hydrogen-bond donors (Lipinski definition) is 0. The summed E-state index contributed by atoms with van der Waals surface area (Å²) < 4.78 is 31.5. The smallest absolute Gasteiger partial charge is 0.303 e. The summed E-state index contributed by atoms with van der Waals surface area (Å²) in [7, 11) is 0. The Bertz CT molecular complexity index is 683. The predicted molar refractivity (Wildman–Crippen MR) is 102 cm³/mol. The highest BCUT2D eigenvalue weighted by Crippen LogP contribution is 2.39. The zero-order valence-corrected chi connectivity index (χ0v) is 18.8. The van der Waals surface area contributed by atoms with Gasteiger partial charge >= 0.3 is 35.8 Å². The zero-order chi connectivity index (χ0) is 24.6. The minimum Gasteiger partial charge on any atom is -0.465 e. The van der Waals surface area contributed by atoms with Gasteiger partial charge in [0.15, 0.2) is 12.2 Å². The number of rotatable bonds is 8. The van der Waals surface area contributed by atoms with E-state index in [2.05, 4.69) is 0 Å². The summed E-state index contributed by atoms with van der Waals surface area (Å²) in [5.41, 5.74) is 0. The van der Waals surface area contributed by atoms with Crippen LogP contribution in [0.3, 0.4) is 0 Å². The minimum atomic E-state index is -1.40. The molecular weight excluding hydrogens is 432 g/mol. The lowest BCUT2D eigenvalue weighted by Gasteiger charge is -2.48. The molecule has 1 saturated carbocycles. The molecule has 0 unspecified atom stereocenters. The van der Waals surface area contributed by atoms with Gasteiger partial charge in [-0.3, -0.25) is 28.8 Å². The van der Waals surface area contributed by atoms with Gasteiger partial charge in [0.2, 0.25) is 0 Å². The SMILES string of the molecule is CC(=O)OC[C@@H]1[C@H](COC(C)=O)[C@@H](OC(C)=O)[C@H](OC(C)=O)[C@@H](OC(C)=O)[C@H]1OC(C)=O. The van der Waals surface area contributed by atoms with Crippen molar-refractivity contribution in [2.24, 2.45) is 11.8 Å². The molecule has 0 bridgehead atoms. The molecule has 0 aromatic heterocycles. The van der Waals surface area contributed by atoms with E-state index in [9.17, 15) is 28.8 Å². The van der Waals surface area contributed by atoms with Gasteiger partial charge in [-0.1, -0.05) is 0 Å². The van der Waals surface area contributed by atoms with Gasteiger partial charge in [-0.15, -0.1) is 0 Å². The lowest BCUT2D eigenvalue weighted by molar-refractivity contribution is -0.238. The fraction of sp³-hybridized carbons (Fsp3) is 0.700. The molecule has 1 fully saturated rings. The van der Waals surface area contributed by atoms with E-state index in [1.54, 1.807) is 0 Å². The standard InChI is InChI=1S/C20H28O12/c1-9(21)27-7-15-16(8-28-10(2)22)18(30-12(4)24)20(32-14(6)26)19(31-13(5)25)17(15)29-11(3)23/h15-20H,7-8H2,1-6H3/t15-,16+,17+,18-,19-,20-/m0/s1. The third kappa shape index (κ3) is 8.16. The molecule has 180 valence electrons. The van der Waals surface area contributed by atoms with Crippen molar-refractivity contribution in [3.05, 3.63) is 0 Å². The van der Waals surface area contributed by atoms with E-state index in [1.165, 1.54) is 0 Å². The Hall–Kier alpha value is -3.18. The molecule has 0 spiro atoms. The summed E-state index contributed by atoms with van der Waals surface area (Å²) in [4.78, 5) is 70.2. The minimum absolute atomic E-state index is 0.360. The summed E-state index contributed by atoms with van der Waals surface area (Å²) in [6.45, 7) is 5.97. The van der Waals surface area contributed by atoms with Crippen LogP contribution in [0.5, 0.6) is 0 Å². The van der Waals surface area contributed by atoms with E-state index < -0.39 is 72.1 Å². The Morgan fingerprint density at radius 2 is 0.688 bits per heavy atom. The molecule has 0 aromatic carbocycles. The highest BCUT2D eigenvalue weighted by atomic mass is 16.6. The molecule has 32 heavy (non-hydrogen) atoms. The number of carbonyl (C=O) groups is 6. The maximum Gasteiger partial charge on any atom is 0.303 e. The molecule has 0 N–H and O–H groups in total. The van der Waals surface area contributed by atoms with Crippen molar-refractivity contribution >= 4 is 35.8 Å². The molecule has 12 heteroatoms. The Morgan fingerprint density at radius 3 is 0.906 bits per heavy atom. The molecule has 0 saturated heterocycles. The summed E-state index contributed by atoms with van der Waals surface area (Å²) in [6, 6.07) is 0. The van der Waals surface area contributed by atoms with Crippen LogP contribution in [0.1, 0.15) is 41.5 Å². The fourth-order valence-corrected chi connectivity index (χ4v) is 3.56. The van der Waals surface area contributed by atoms with Crippen LogP contribution in [0, 0.1) is 11.8 Å². The zero-order valence-electron chi connectivity index (χ0n) is 18.8. The molecule has 0 aromatic rings. The normalized spacial score (nSPS) is 26.8. The van der Waals surface area contributed by atoms with Crippen molar-refractivity contribution < 1.29 is 57.2 Å². The largest absolute Gasteiger partial charge is 0.465 e. The van der Waals surface area contributed by atoms with Crippen molar-refractivity contribution in [3.8, 4) is 0 Å². The highest BCUT2D eigenvalue weighted by molar-refractivity contribution is 5.69. The molecule has 1 aliphatic rings. The number of hydrogen-bond acceptors (Lipinski definition) is 12. The molecule has 6 atom stereocenters. The van der Waals surface area contributed by atoms with E-state index in [0.29, 0.717) is 0 Å². The number of carbonyl (C=O) groups excluding carboxylic acids is 6. The first-order valence-electron chi connectivity index (χ1n) is 9.79. The second-order valence-corrected chi connectivity index (χ2v) is 7.23. The third-order valence-corrected chi connectivity index (χ3v) is 4.53. The topological polar surface area (TPSA) is 158 Å². The predicted octanol–water partition coefficient (Wildman–Crippen LogP) is 0.0854.